The van der Waals surface area contributed by atoms with Crippen LogP contribution in [0.15, 0.2) is 46.8 Å². The summed E-state index contributed by atoms with van der Waals surface area (Å²) in [6.45, 7) is 6.35. The number of anilines is 1. The summed E-state index contributed by atoms with van der Waals surface area (Å²) in [6, 6.07) is 12.0. The van der Waals surface area contributed by atoms with Crippen molar-refractivity contribution in [1.29, 1.82) is 0 Å². The monoisotopic (exact) mass is 514 g/mol. The van der Waals surface area contributed by atoms with Gasteiger partial charge < -0.3 is 20.3 Å². The van der Waals surface area contributed by atoms with Gasteiger partial charge >= 0.3 is 0 Å². The molecule has 0 saturated carbocycles. The van der Waals surface area contributed by atoms with Crippen LogP contribution < -0.4 is 20.3 Å². The lowest BCUT2D eigenvalue weighted by Crippen LogP contribution is -2.40. The maximum atomic E-state index is 12.2. The predicted octanol–water partition coefficient (Wildman–Crippen LogP) is 3.80. The van der Waals surface area contributed by atoms with Gasteiger partial charge in [-0.1, -0.05) is 18.2 Å². The molecular weight excluding hydrogens is 487 g/mol. The first-order valence-electron chi connectivity index (χ1n) is 9.29. The fourth-order valence-corrected chi connectivity index (χ4v) is 3.69. The normalized spacial score (nSPS) is 14.6. The van der Waals surface area contributed by atoms with Crippen LogP contribution in [0.2, 0.25) is 0 Å². The van der Waals surface area contributed by atoms with E-state index in [0.29, 0.717) is 13.1 Å². The Hall–Kier alpha value is -1.81. The minimum atomic E-state index is -0.00553. The van der Waals surface area contributed by atoms with Gasteiger partial charge in [0.15, 0.2) is 12.6 Å². The van der Waals surface area contributed by atoms with Crippen LogP contribution in [0, 0.1) is 0 Å². The van der Waals surface area contributed by atoms with Crippen molar-refractivity contribution in [2.75, 3.05) is 31.1 Å². The minimum Gasteiger partial charge on any atom is -0.482 e. The Balaban J connectivity index is 0.00000280. The molecule has 0 fully saturated rings. The topological polar surface area (TPSA) is 66.0 Å². The highest BCUT2D eigenvalue weighted by atomic mass is 127. The smallest absolute Gasteiger partial charge is 0.265 e. The van der Waals surface area contributed by atoms with E-state index in [-0.39, 0.29) is 42.5 Å². The zero-order valence-corrected chi connectivity index (χ0v) is 19.3. The molecule has 6 nitrogen and oxygen atoms in total. The Labute approximate surface area is 187 Å². The maximum Gasteiger partial charge on any atom is 0.265 e. The lowest BCUT2D eigenvalue weighted by molar-refractivity contribution is -0.121. The summed E-state index contributed by atoms with van der Waals surface area (Å²) < 4.78 is 5.48. The van der Waals surface area contributed by atoms with E-state index in [2.05, 4.69) is 47.0 Å². The standard InChI is InChI=1S/C20H26N4O2S.HI/c1-3-21-20(23-15(2)18-10-6-13-27-18)22-11-7-12-24-16-8-4-5-9-17(16)26-14-19(24)25;/h4-6,8-10,13,15H,3,7,11-12,14H2,1-2H3,(H2,21,22,23);1H. The Kier molecular flexibility index (Phi) is 9.04. The van der Waals surface area contributed by atoms with Crippen molar-refractivity contribution in [2.24, 2.45) is 4.99 Å². The van der Waals surface area contributed by atoms with E-state index < -0.39 is 0 Å². The molecule has 1 aromatic heterocycles. The number of carbonyl (C=O) groups is 1. The quantitative estimate of drug-likeness (QED) is 0.256. The largest absolute Gasteiger partial charge is 0.482 e. The summed E-state index contributed by atoms with van der Waals surface area (Å²) in [5.41, 5.74) is 0.842. The first-order valence-corrected chi connectivity index (χ1v) is 10.2. The molecular formula is C20H27IN4O2S. The number of rotatable bonds is 7. The van der Waals surface area contributed by atoms with Crippen LogP contribution in [0.1, 0.15) is 31.2 Å². The first kappa shape index (κ1) is 22.5. The van der Waals surface area contributed by atoms with Gasteiger partial charge in [0.2, 0.25) is 0 Å². The molecule has 0 saturated heterocycles. The van der Waals surface area contributed by atoms with Crippen LogP contribution in [0.3, 0.4) is 0 Å². The van der Waals surface area contributed by atoms with Crippen LogP contribution in [0.25, 0.3) is 0 Å². The number of carbonyl (C=O) groups excluding carboxylic acids is 1. The molecule has 0 aliphatic carbocycles. The number of aliphatic imine (C=N–C) groups is 1. The molecule has 2 heterocycles. The van der Waals surface area contributed by atoms with Crippen molar-refractivity contribution < 1.29 is 9.53 Å². The number of benzene rings is 1. The highest BCUT2D eigenvalue weighted by Crippen LogP contribution is 2.31. The van der Waals surface area contributed by atoms with Crippen molar-refractivity contribution in [3.63, 3.8) is 0 Å². The van der Waals surface area contributed by atoms with Crippen molar-refractivity contribution >= 4 is 52.9 Å². The molecule has 0 spiro atoms. The molecule has 8 heteroatoms. The molecule has 1 aromatic carbocycles. The predicted molar refractivity (Wildman–Crippen MR) is 126 cm³/mol. The minimum absolute atomic E-state index is 0. The Morgan fingerprint density at radius 1 is 1.32 bits per heavy atom. The number of halogens is 1. The van der Waals surface area contributed by atoms with E-state index in [0.717, 1.165) is 30.4 Å². The highest BCUT2D eigenvalue weighted by Gasteiger charge is 2.24. The lowest BCUT2D eigenvalue weighted by Gasteiger charge is -2.29. The molecule has 28 heavy (non-hydrogen) atoms. The molecule has 1 aliphatic heterocycles. The summed E-state index contributed by atoms with van der Waals surface area (Å²) >= 11 is 1.73. The molecule has 0 radical (unpaired) electrons. The number of ether oxygens (including phenoxy) is 1. The highest BCUT2D eigenvalue weighted by molar-refractivity contribution is 14.0. The number of guanidine groups is 1. The summed E-state index contributed by atoms with van der Waals surface area (Å²) in [6.07, 6.45) is 0.782. The fourth-order valence-electron chi connectivity index (χ4n) is 2.95. The van der Waals surface area contributed by atoms with Crippen molar-refractivity contribution in [3.8, 4) is 5.75 Å². The van der Waals surface area contributed by atoms with Crippen molar-refractivity contribution in [2.45, 2.75) is 26.3 Å². The first-order chi connectivity index (χ1) is 13.2. The number of amides is 1. The summed E-state index contributed by atoms with van der Waals surface area (Å²) in [7, 11) is 0. The van der Waals surface area contributed by atoms with Gasteiger partial charge in [0.25, 0.3) is 5.91 Å². The zero-order valence-electron chi connectivity index (χ0n) is 16.2. The van der Waals surface area contributed by atoms with Crippen LogP contribution in [-0.2, 0) is 4.79 Å². The van der Waals surface area contributed by atoms with Gasteiger partial charge in [-0.15, -0.1) is 35.3 Å². The van der Waals surface area contributed by atoms with Crippen LogP contribution in [0.5, 0.6) is 5.75 Å². The SMILES string of the molecule is CCNC(=NCCCN1C(=O)COc2ccccc21)NC(C)c1cccs1.I. The van der Waals surface area contributed by atoms with Gasteiger partial charge in [-0.25, -0.2) is 0 Å². The molecule has 1 atom stereocenters. The third-order valence-electron chi connectivity index (χ3n) is 4.29. The molecule has 3 rings (SSSR count). The molecule has 1 amide bonds. The summed E-state index contributed by atoms with van der Waals surface area (Å²) in [5, 5.41) is 8.79. The molecule has 1 unspecified atom stereocenters. The Morgan fingerprint density at radius 3 is 2.89 bits per heavy atom. The second-order valence-corrected chi connectivity index (χ2v) is 7.28. The van der Waals surface area contributed by atoms with Gasteiger partial charge in [-0.05, 0) is 43.8 Å². The number of thiophene rings is 1. The Morgan fingerprint density at radius 2 is 2.14 bits per heavy atom. The number of nitrogens with zero attached hydrogens (tertiary/aromatic N) is 2. The number of nitrogens with one attached hydrogen (secondary N) is 2. The van der Waals surface area contributed by atoms with Crippen LogP contribution in [-0.4, -0.2) is 38.1 Å². The second kappa shape index (κ2) is 11.3. The number of fused-ring (bicyclic) bond motifs is 1. The molecule has 152 valence electrons. The number of hydrogen-bond acceptors (Lipinski definition) is 4. The maximum absolute atomic E-state index is 12.2. The number of hydrogen-bond donors (Lipinski definition) is 2. The summed E-state index contributed by atoms with van der Waals surface area (Å²) in [5.74, 6) is 1.56. The summed E-state index contributed by atoms with van der Waals surface area (Å²) in [4.78, 5) is 19.9. The third kappa shape index (κ3) is 5.84. The van der Waals surface area contributed by atoms with E-state index in [1.54, 1.807) is 16.2 Å². The van der Waals surface area contributed by atoms with Gasteiger partial charge in [-0.2, -0.15) is 0 Å². The average molecular weight is 514 g/mol. The zero-order chi connectivity index (χ0) is 19.1. The van der Waals surface area contributed by atoms with E-state index in [9.17, 15) is 4.79 Å². The van der Waals surface area contributed by atoms with E-state index >= 15 is 0 Å². The van der Waals surface area contributed by atoms with E-state index in [1.165, 1.54) is 4.88 Å². The van der Waals surface area contributed by atoms with E-state index in [4.69, 9.17) is 4.74 Å². The van der Waals surface area contributed by atoms with Gasteiger partial charge in [0.05, 0.1) is 11.7 Å². The second-order valence-electron chi connectivity index (χ2n) is 6.30. The number of para-hydroxylation sites is 2. The van der Waals surface area contributed by atoms with Gasteiger partial charge in [-0.3, -0.25) is 9.79 Å². The van der Waals surface area contributed by atoms with Crippen LogP contribution >= 0.6 is 35.3 Å². The van der Waals surface area contributed by atoms with Crippen molar-refractivity contribution in [3.05, 3.63) is 46.7 Å². The lowest BCUT2D eigenvalue weighted by atomic mass is 10.2. The molecule has 2 aromatic rings. The van der Waals surface area contributed by atoms with Crippen LogP contribution in [0.4, 0.5) is 5.69 Å². The molecule has 2 N–H and O–H groups in total. The third-order valence-corrected chi connectivity index (χ3v) is 5.34. The molecule has 1 aliphatic rings. The van der Waals surface area contributed by atoms with Gasteiger partial charge in [0, 0.05) is 24.5 Å². The average Bonchev–Trinajstić information content (AvgIpc) is 3.21. The van der Waals surface area contributed by atoms with E-state index in [1.807, 2.05) is 24.3 Å². The Bertz CT molecular complexity index is 782. The van der Waals surface area contributed by atoms with Crippen molar-refractivity contribution in [1.82, 2.24) is 10.6 Å². The van der Waals surface area contributed by atoms with Gasteiger partial charge in [0.1, 0.15) is 5.75 Å². The molecule has 0 bridgehead atoms. The fraction of sp³-hybridized carbons (Fsp3) is 0.400.